The second-order valence-corrected chi connectivity index (χ2v) is 10.00. The fraction of sp³-hybridized carbons (Fsp3) is 0.273. The quantitative estimate of drug-likeness (QED) is 0.416. The fourth-order valence-electron chi connectivity index (χ4n) is 4.01. The summed E-state index contributed by atoms with van der Waals surface area (Å²) in [5.74, 6) is 0.950. The van der Waals surface area contributed by atoms with Crippen molar-refractivity contribution in [3.8, 4) is 17.2 Å². The third-order valence-corrected chi connectivity index (χ3v) is 7.62. The molecule has 5 rings (SSSR count). The van der Waals surface area contributed by atoms with Crippen LogP contribution in [0.1, 0.15) is 22.6 Å². The Hall–Kier alpha value is -3.31. The zero-order chi connectivity index (χ0) is 23.0. The maximum atomic E-state index is 13.3. The Morgan fingerprint density at radius 2 is 2.00 bits per heavy atom. The van der Waals surface area contributed by atoms with E-state index in [1.165, 1.54) is 14.2 Å². The van der Waals surface area contributed by atoms with Gasteiger partial charge in [-0.05, 0) is 42.2 Å². The highest BCUT2D eigenvalue weighted by Crippen LogP contribution is 2.42. The molecule has 0 amide bonds. The third-order valence-electron chi connectivity index (χ3n) is 5.44. The number of nitrogens with zero attached hydrogens (tertiary/aromatic N) is 2. The molecule has 172 valence electrons. The van der Waals surface area contributed by atoms with E-state index in [0.717, 1.165) is 29.0 Å². The fourth-order valence-corrected chi connectivity index (χ4v) is 5.98. The van der Waals surface area contributed by atoms with Crippen LogP contribution in [-0.2, 0) is 22.9 Å². The topological polar surface area (TPSA) is 113 Å². The number of thiazole rings is 1. The van der Waals surface area contributed by atoms with E-state index in [-0.39, 0.29) is 22.2 Å². The summed E-state index contributed by atoms with van der Waals surface area (Å²) in [6, 6.07) is 6.64. The normalized spacial score (nSPS) is 13.4. The zero-order valence-electron chi connectivity index (χ0n) is 18.0. The summed E-state index contributed by atoms with van der Waals surface area (Å²) in [6.07, 6.45) is 4.09. The van der Waals surface area contributed by atoms with Gasteiger partial charge >= 0.3 is 0 Å². The molecule has 0 saturated carbocycles. The van der Waals surface area contributed by atoms with E-state index in [2.05, 4.69) is 14.9 Å². The number of rotatable bonds is 7. The molecular weight excluding hydrogens is 466 g/mol. The molecule has 0 unspecified atom stereocenters. The molecule has 0 bridgehead atoms. The first kappa shape index (κ1) is 21.5. The molecule has 0 radical (unpaired) electrons. The molecule has 33 heavy (non-hydrogen) atoms. The van der Waals surface area contributed by atoms with Crippen molar-refractivity contribution in [3.63, 3.8) is 0 Å². The molecule has 0 saturated heterocycles. The van der Waals surface area contributed by atoms with Crippen LogP contribution in [0.5, 0.6) is 17.2 Å². The van der Waals surface area contributed by atoms with E-state index in [4.69, 9.17) is 18.7 Å². The molecule has 11 heteroatoms. The Labute approximate surface area is 194 Å². The van der Waals surface area contributed by atoms with Crippen LogP contribution in [0.25, 0.3) is 11.0 Å². The average molecular weight is 488 g/mol. The van der Waals surface area contributed by atoms with E-state index >= 15 is 0 Å². The summed E-state index contributed by atoms with van der Waals surface area (Å²) in [5.41, 5.74) is 2.48. The lowest BCUT2D eigenvalue weighted by Crippen LogP contribution is -2.16. The molecule has 9 nitrogen and oxygen atoms in total. The number of anilines is 1. The van der Waals surface area contributed by atoms with Gasteiger partial charge in [-0.25, -0.2) is 13.4 Å². The lowest BCUT2D eigenvalue weighted by atomic mass is 9.95. The number of aromatic nitrogens is 2. The summed E-state index contributed by atoms with van der Waals surface area (Å²) in [5, 5.41) is 7.43. The first-order valence-electron chi connectivity index (χ1n) is 10.2. The van der Waals surface area contributed by atoms with Crippen LogP contribution < -0.4 is 18.9 Å². The number of benzene rings is 2. The molecule has 0 aliphatic carbocycles. The van der Waals surface area contributed by atoms with E-state index in [1.807, 2.05) is 11.4 Å². The van der Waals surface area contributed by atoms with Crippen molar-refractivity contribution in [2.75, 3.05) is 25.5 Å². The number of hydrogen-bond donors (Lipinski definition) is 1. The Bertz CT molecular complexity index is 1390. The number of sulfonamides is 1. The van der Waals surface area contributed by atoms with Crippen LogP contribution in [0.3, 0.4) is 0 Å². The smallest absolute Gasteiger partial charge is 0.270 e. The largest absolute Gasteiger partial charge is 0.495 e. The minimum absolute atomic E-state index is 0.0527. The molecule has 0 atom stereocenters. The van der Waals surface area contributed by atoms with Crippen molar-refractivity contribution in [3.05, 3.63) is 52.0 Å². The number of fused-ring (bicyclic) bond motifs is 3. The molecule has 2 aromatic heterocycles. The van der Waals surface area contributed by atoms with Gasteiger partial charge in [-0.3, -0.25) is 4.72 Å². The highest BCUT2D eigenvalue weighted by molar-refractivity contribution is 7.93. The minimum atomic E-state index is -4.12. The summed E-state index contributed by atoms with van der Waals surface area (Å²) in [7, 11) is -1.33. The van der Waals surface area contributed by atoms with Gasteiger partial charge in [-0.2, -0.15) is 0 Å². The Balaban J connectivity index is 1.61. The van der Waals surface area contributed by atoms with Gasteiger partial charge in [0.05, 0.1) is 25.8 Å². The van der Waals surface area contributed by atoms with Crippen molar-refractivity contribution >= 4 is 38.1 Å². The summed E-state index contributed by atoms with van der Waals surface area (Å²) in [4.78, 5) is 4.25. The van der Waals surface area contributed by atoms with Gasteiger partial charge in [-0.15, -0.1) is 11.3 Å². The Morgan fingerprint density at radius 1 is 1.21 bits per heavy atom. The highest BCUT2D eigenvalue weighted by Gasteiger charge is 2.30. The van der Waals surface area contributed by atoms with Crippen LogP contribution in [-0.4, -0.2) is 39.4 Å². The molecule has 3 heterocycles. The summed E-state index contributed by atoms with van der Waals surface area (Å²) >= 11 is 1.58. The number of methoxy groups -OCH3 is 2. The van der Waals surface area contributed by atoms with E-state index in [1.54, 1.807) is 35.7 Å². The van der Waals surface area contributed by atoms with Crippen molar-refractivity contribution in [1.29, 1.82) is 0 Å². The second kappa shape index (κ2) is 8.56. The molecule has 1 aliphatic rings. The molecule has 1 aliphatic heterocycles. The minimum Gasteiger partial charge on any atom is -0.495 e. The molecule has 0 spiro atoms. The SMILES string of the molecule is COc1cccc(OC)c1S(=O)(=O)Nc1noc2cc(Cc3nccs3)c3c(c12)OCCC3. The van der Waals surface area contributed by atoms with Crippen LogP contribution in [0.2, 0.25) is 0 Å². The van der Waals surface area contributed by atoms with Gasteiger partial charge in [0.2, 0.25) is 0 Å². The van der Waals surface area contributed by atoms with Gasteiger partial charge in [0.15, 0.2) is 16.3 Å². The summed E-state index contributed by atoms with van der Waals surface area (Å²) in [6.45, 7) is 0.528. The van der Waals surface area contributed by atoms with E-state index < -0.39 is 10.0 Å². The number of ether oxygens (including phenoxy) is 3. The van der Waals surface area contributed by atoms with Gasteiger partial charge in [-0.1, -0.05) is 11.2 Å². The Morgan fingerprint density at radius 3 is 2.70 bits per heavy atom. The van der Waals surface area contributed by atoms with Gasteiger partial charge in [0, 0.05) is 18.0 Å². The second-order valence-electron chi connectivity index (χ2n) is 7.40. The monoisotopic (exact) mass is 487 g/mol. The van der Waals surface area contributed by atoms with Crippen molar-refractivity contribution in [2.45, 2.75) is 24.2 Å². The zero-order valence-corrected chi connectivity index (χ0v) is 19.6. The third kappa shape index (κ3) is 3.87. The van der Waals surface area contributed by atoms with Crippen molar-refractivity contribution in [1.82, 2.24) is 10.1 Å². The maximum absolute atomic E-state index is 13.3. The molecular formula is C22H21N3O6S2. The number of hydrogen-bond acceptors (Lipinski definition) is 9. The first-order chi connectivity index (χ1) is 16.0. The standard InChI is InChI=1S/C22H21N3O6S2/c1-28-15-6-3-7-16(29-2)21(15)33(26,27)25-22-19-17(31-24-22)11-13(12-18-23-8-10-32-18)14-5-4-9-30-20(14)19/h3,6-8,10-11H,4-5,9,12H2,1-2H3,(H,24,25). The predicted octanol–water partition coefficient (Wildman–Crippen LogP) is 4.02. The maximum Gasteiger partial charge on any atom is 0.270 e. The van der Waals surface area contributed by atoms with Gasteiger partial charge < -0.3 is 18.7 Å². The van der Waals surface area contributed by atoms with Crippen molar-refractivity contribution < 1.29 is 27.2 Å². The molecule has 4 aromatic rings. The van der Waals surface area contributed by atoms with E-state index in [0.29, 0.717) is 29.7 Å². The molecule has 0 fully saturated rings. The van der Waals surface area contributed by atoms with Crippen LogP contribution in [0.15, 0.2) is 45.3 Å². The van der Waals surface area contributed by atoms with Crippen molar-refractivity contribution in [2.24, 2.45) is 0 Å². The van der Waals surface area contributed by atoms with Gasteiger partial charge in [0.1, 0.15) is 22.6 Å². The van der Waals surface area contributed by atoms with Crippen LogP contribution in [0.4, 0.5) is 5.82 Å². The molecule has 2 aromatic carbocycles. The Kier molecular flexibility index (Phi) is 5.59. The molecule has 1 N–H and O–H groups in total. The van der Waals surface area contributed by atoms with E-state index in [9.17, 15) is 8.42 Å². The lowest BCUT2D eigenvalue weighted by Gasteiger charge is -2.21. The highest BCUT2D eigenvalue weighted by atomic mass is 32.2. The van der Waals surface area contributed by atoms with Crippen LogP contribution >= 0.6 is 11.3 Å². The predicted molar refractivity (Wildman–Crippen MR) is 123 cm³/mol. The lowest BCUT2D eigenvalue weighted by molar-refractivity contribution is 0.291. The van der Waals surface area contributed by atoms with Crippen LogP contribution in [0, 0.1) is 0 Å². The first-order valence-corrected chi connectivity index (χ1v) is 12.6. The average Bonchev–Trinajstić information content (AvgIpc) is 3.48. The van der Waals surface area contributed by atoms with Gasteiger partial charge in [0.25, 0.3) is 10.0 Å². The summed E-state index contributed by atoms with van der Waals surface area (Å²) < 4.78 is 51.3. The number of nitrogens with one attached hydrogen (secondary N) is 1.